The number of hydrogen-bond donors (Lipinski definition) is 0. The van der Waals surface area contributed by atoms with Crippen LogP contribution in [0.1, 0.15) is 27.7 Å². The summed E-state index contributed by atoms with van der Waals surface area (Å²) in [6.45, 7) is 15.1. The Balaban J connectivity index is 2.42. The first-order valence-corrected chi connectivity index (χ1v) is 7.85. The molecule has 1 fully saturated rings. The number of ether oxygens (including phenoxy) is 1. The molecule has 1 rings (SSSR count). The van der Waals surface area contributed by atoms with E-state index in [1.807, 2.05) is 0 Å². The molecule has 0 radical (unpaired) electrons. The van der Waals surface area contributed by atoms with Crippen molar-refractivity contribution in [2.45, 2.75) is 51.4 Å². The Kier molecular flexibility index (Phi) is 2.65. The van der Waals surface area contributed by atoms with Crippen LogP contribution in [0.15, 0.2) is 0 Å². The fourth-order valence-corrected chi connectivity index (χ4v) is 1.86. The van der Waals surface area contributed by atoms with Crippen LogP contribution in [-0.2, 0) is 9.16 Å². The third-order valence-electron chi connectivity index (χ3n) is 3.18. The molecule has 0 aromatic carbocycles. The summed E-state index contributed by atoms with van der Waals surface area (Å²) < 4.78 is 11.3. The Morgan fingerprint density at radius 3 is 2.15 bits per heavy atom. The zero-order chi connectivity index (χ0) is 10.3. The second-order valence-corrected chi connectivity index (χ2v) is 10.6. The lowest BCUT2D eigenvalue weighted by atomic mass is 10.2. The molecule has 1 heterocycles. The maximum absolute atomic E-state index is 6.03. The van der Waals surface area contributed by atoms with Gasteiger partial charge in [0.05, 0.1) is 13.2 Å². The largest absolute Gasteiger partial charge is 0.414 e. The van der Waals surface area contributed by atoms with Gasteiger partial charge < -0.3 is 9.16 Å². The smallest absolute Gasteiger partial charge is 0.192 e. The van der Waals surface area contributed by atoms with E-state index in [1.54, 1.807) is 0 Å². The second-order valence-electron chi connectivity index (χ2n) is 5.79. The quantitative estimate of drug-likeness (QED) is 0.518. The fraction of sp³-hybridized carbons (Fsp3) is 1.00. The molecule has 13 heavy (non-hydrogen) atoms. The van der Waals surface area contributed by atoms with Crippen LogP contribution in [0.25, 0.3) is 0 Å². The molecular formula is C10H22O2Si. The van der Waals surface area contributed by atoms with Crippen molar-refractivity contribution in [2.24, 2.45) is 0 Å². The molecule has 0 unspecified atom stereocenters. The highest BCUT2D eigenvalue weighted by Gasteiger charge is 2.44. The normalized spacial score (nSPS) is 29.1. The third kappa shape index (κ3) is 2.79. The van der Waals surface area contributed by atoms with E-state index in [0.717, 1.165) is 13.2 Å². The summed E-state index contributed by atoms with van der Waals surface area (Å²) in [5.74, 6) is 0. The number of epoxide rings is 1. The van der Waals surface area contributed by atoms with Crippen molar-refractivity contribution in [3.05, 3.63) is 0 Å². The zero-order valence-corrected chi connectivity index (χ0v) is 10.7. The van der Waals surface area contributed by atoms with Crippen LogP contribution < -0.4 is 0 Å². The van der Waals surface area contributed by atoms with Crippen LogP contribution in [0.5, 0.6) is 0 Å². The van der Waals surface area contributed by atoms with Gasteiger partial charge in [-0.1, -0.05) is 20.8 Å². The van der Waals surface area contributed by atoms with E-state index in [4.69, 9.17) is 9.16 Å². The summed E-state index contributed by atoms with van der Waals surface area (Å²) >= 11 is 0. The Morgan fingerprint density at radius 1 is 1.38 bits per heavy atom. The first-order valence-electron chi connectivity index (χ1n) is 4.94. The average Bonchev–Trinajstić information content (AvgIpc) is 2.63. The fourth-order valence-electron chi connectivity index (χ4n) is 0.756. The Morgan fingerprint density at radius 2 is 1.85 bits per heavy atom. The predicted octanol–water partition coefficient (Wildman–Crippen LogP) is 2.80. The van der Waals surface area contributed by atoms with E-state index in [0.29, 0.717) is 5.04 Å². The molecular weight excluding hydrogens is 180 g/mol. The van der Waals surface area contributed by atoms with Crippen LogP contribution in [0, 0.1) is 0 Å². The topological polar surface area (TPSA) is 21.8 Å². The molecule has 1 saturated heterocycles. The van der Waals surface area contributed by atoms with Gasteiger partial charge in [-0.05, 0) is 25.1 Å². The Bertz CT molecular complexity index is 190. The SMILES string of the molecule is CC(C)(C)[Si](C)(C)OC[C@@]1(C)CO1. The van der Waals surface area contributed by atoms with Crippen molar-refractivity contribution in [3.8, 4) is 0 Å². The van der Waals surface area contributed by atoms with Crippen LogP contribution in [0.4, 0.5) is 0 Å². The van der Waals surface area contributed by atoms with Crippen molar-refractivity contribution in [1.29, 1.82) is 0 Å². The third-order valence-corrected chi connectivity index (χ3v) is 7.66. The highest BCUT2D eigenvalue weighted by atomic mass is 28.4. The van der Waals surface area contributed by atoms with E-state index >= 15 is 0 Å². The van der Waals surface area contributed by atoms with Crippen molar-refractivity contribution < 1.29 is 9.16 Å². The van der Waals surface area contributed by atoms with Crippen LogP contribution in [0.2, 0.25) is 18.1 Å². The lowest BCUT2D eigenvalue weighted by molar-refractivity contribution is 0.188. The van der Waals surface area contributed by atoms with E-state index < -0.39 is 8.32 Å². The van der Waals surface area contributed by atoms with Gasteiger partial charge >= 0.3 is 0 Å². The zero-order valence-electron chi connectivity index (χ0n) is 9.73. The number of hydrogen-bond acceptors (Lipinski definition) is 2. The molecule has 2 nitrogen and oxygen atoms in total. The lowest BCUT2D eigenvalue weighted by Crippen LogP contribution is -2.42. The highest BCUT2D eigenvalue weighted by Crippen LogP contribution is 2.38. The first kappa shape index (κ1) is 11.2. The first-order chi connectivity index (χ1) is 5.66. The minimum Gasteiger partial charge on any atom is -0.414 e. The molecule has 0 aliphatic carbocycles. The molecule has 1 aliphatic heterocycles. The van der Waals surface area contributed by atoms with E-state index in [-0.39, 0.29) is 5.60 Å². The summed E-state index contributed by atoms with van der Waals surface area (Å²) in [6.07, 6.45) is 0. The van der Waals surface area contributed by atoms with Gasteiger partial charge in [0.25, 0.3) is 0 Å². The molecule has 0 spiro atoms. The molecule has 0 aromatic rings. The van der Waals surface area contributed by atoms with Crippen molar-refractivity contribution in [1.82, 2.24) is 0 Å². The molecule has 0 amide bonds. The van der Waals surface area contributed by atoms with Gasteiger partial charge in [-0.2, -0.15) is 0 Å². The van der Waals surface area contributed by atoms with Gasteiger partial charge in [0.1, 0.15) is 5.60 Å². The van der Waals surface area contributed by atoms with Gasteiger partial charge in [0, 0.05) is 0 Å². The van der Waals surface area contributed by atoms with E-state index in [9.17, 15) is 0 Å². The minimum atomic E-state index is -1.55. The van der Waals surface area contributed by atoms with Gasteiger partial charge in [-0.3, -0.25) is 0 Å². The molecule has 78 valence electrons. The highest BCUT2D eigenvalue weighted by molar-refractivity contribution is 6.74. The molecule has 0 aromatic heterocycles. The van der Waals surface area contributed by atoms with Crippen molar-refractivity contribution in [3.63, 3.8) is 0 Å². The van der Waals surface area contributed by atoms with Crippen LogP contribution in [0.3, 0.4) is 0 Å². The van der Waals surface area contributed by atoms with E-state index in [1.165, 1.54) is 0 Å². The minimum absolute atomic E-state index is 0.0372. The van der Waals surface area contributed by atoms with Crippen LogP contribution in [-0.4, -0.2) is 27.1 Å². The average molecular weight is 202 g/mol. The lowest BCUT2D eigenvalue weighted by Gasteiger charge is -2.36. The van der Waals surface area contributed by atoms with Crippen molar-refractivity contribution in [2.75, 3.05) is 13.2 Å². The van der Waals surface area contributed by atoms with Gasteiger partial charge in [0.15, 0.2) is 8.32 Å². The maximum Gasteiger partial charge on any atom is 0.192 e. The Labute approximate surface area is 82.7 Å². The van der Waals surface area contributed by atoms with Gasteiger partial charge in [-0.15, -0.1) is 0 Å². The number of rotatable bonds is 3. The molecule has 0 saturated carbocycles. The molecule has 3 heteroatoms. The molecule has 0 N–H and O–H groups in total. The summed E-state index contributed by atoms with van der Waals surface area (Å²) in [4.78, 5) is 0. The standard InChI is InChI=1S/C10H22O2Si/c1-9(2,3)13(5,6)12-8-10(4)7-11-10/h7-8H2,1-6H3/t10-/m1/s1. The summed E-state index contributed by atoms with van der Waals surface area (Å²) in [5.41, 5.74) is 0.0372. The Hall–Kier alpha value is 0.137. The predicted molar refractivity (Wildman–Crippen MR) is 57.5 cm³/mol. The summed E-state index contributed by atoms with van der Waals surface area (Å²) in [5, 5.41) is 0.304. The monoisotopic (exact) mass is 202 g/mol. The van der Waals surface area contributed by atoms with Crippen molar-refractivity contribution >= 4 is 8.32 Å². The second kappa shape index (κ2) is 3.07. The summed E-state index contributed by atoms with van der Waals surface area (Å²) in [6, 6.07) is 0. The molecule has 1 atom stereocenters. The summed E-state index contributed by atoms with van der Waals surface area (Å²) in [7, 11) is -1.55. The molecule has 0 bridgehead atoms. The van der Waals surface area contributed by atoms with Gasteiger partial charge in [0.2, 0.25) is 0 Å². The maximum atomic E-state index is 6.03. The van der Waals surface area contributed by atoms with Gasteiger partial charge in [-0.25, -0.2) is 0 Å². The van der Waals surface area contributed by atoms with Crippen LogP contribution >= 0.6 is 0 Å². The van der Waals surface area contributed by atoms with E-state index in [2.05, 4.69) is 40.8 Å². The molecule has 1 aliphatic rings.